The Labute approximate surface area is 159 Å². The third kappa shape index (κ3) is 4.42. The van der Waals surface area contributed by atoms with Crippen molar-refractivity contribution >= 4 is 12.2 Å². The molecule has 0 saturated carbocycles. The Bertz CT molecular complexity index is 961. The monoisotopic (exact) mass is 394 g/mol. The van der Waals surface area contributed by atoms with Gasteiger partial charge >= 0.3 is 6.18 Å². The molecular weight excluding hydrogens is 375 g/mol. The van der Waals surface area contributed by atoms with Gasteiger partial charge in [0.15, 0.2) is 12.5 Å². The van der Waals surface area contributed by atoms with Crippen molar-refractivity contribution in [2.24, 2.45) is 7.05 Å². The standard InChI is InChI=1S/C18H18F3N5S/c1-24(11-13-3-5-15(6-4-13)18(19,20)21)12-26-17(27)25(2)16(23-26)14-7-9-22-10-8-14/h3-10H,11-12H2,1-2H3/p+1. The van der Waals surface area contributed by atoms with E-state index in [0.717, 1.165) is 34.0 Å². The molecule has 0 fully saturated rings. The molecule has 3 aromatic rings. The van der Waals surface area contributed by atoms with Crippen LogP contribution in [-0.2, 0) is 26.4 Å². The molecular formula is C18H19F3N5S+. The first-order valence-corrected chi connectivity index (χ1v) is 8.68. The quantitative estimate of drug-likeness (QED) is 0.677. The highest BCUT2D eigenvalue weighted by atomic mass is 32.1. The first-order chi connectivity index (χ1) is 12.8. The first-order valence-electron chi connectivity index (χ1n) is 8.27. The number of halogens is 3. The van der Waals surface area contributed by atoms with Gasteiger partial charge in [0.2, 0.25) is 4.77 Å². The van der Waals surface area contributed by atoms with Crippen molar-refractivity contribution in [3.63, 3.8) is 0 Å². The van der Waals surface area contributed by atoms with Gasteiger partial charge in [0, 0.05) is 30.6 Å². The summed E-state index contributed by atoms with van der Waals surface area (Å²) in [7, 11) is 3.80. The molecule has 0 spiro atoms. The van der Waals surface area contributed by atoms with Gasteiger partial charge in [0.25, 0.3) is 0 Å². The Morgan fingerprint density at radius 2 is 1.70 bits per heavy atom. The van der Waals surface area contributed by atoms with Gasteiger partial charge in [-0.2, -0.15) is 17.9 Å². The second-order valence-corrected chi connectivity index (χ2v) is 6.75. The minimum atomic E-state index is -4.32. The fourth-order valence-electron chi connectivity index (χ4n) is 2.81. The van der Waals surface area contributed by atoms with E-state index in [1.54, 1.807) is 17.1 Å². The van der Waals surface area contributed by atoms with Crippen LogP contribution in [0.2, 0.25) is 0 Å². The number of benzene rings is 1. The summed E-state index contributed by atoms with van der Waals surface area (Å²) in [5.74, 6) is 0.740. The normalized spacial score (nSPS) is 12.9. The smallest absolute Gasteiger partial charge is 0.315 e. The van der Waals surface area contributed by atoms with Crippen LogP contribution >= 0.6 is 12.2 Å². The number of aromatic nitrogens is 4. The van der Waals surface area contributed by atoms with Crippen LogP contribution in [0.4, 0.5) is 13.2 Å². The zero-order valence-corrected chi connectivity index (χ0v) is 15.7. The van der Waals surface area contributed by atoms with E-state index >= 15 is 0 Å². The zero-order chi connectivity index (χ0) is 19.6. The molecule has 1 unspecified atom stereocenters. The summed E-state index contributed by atoms with van der Waals surface area (Å²) in [6, 6.07) is 8.95. The predicted molar refractivity (Wildman–Crippen MR) is 97.3 cm³/mol. The topological polar surface area (TPSA) is 40.1 Å². The highest BCUT2D eigenvalue weighted by Gasteiger charge is 2.30. The number of hydrogen-bond donors (Lipinski definition) is 1. The summed E-state index contributed by atoms with van der Waals surface area (Å²) in [5, 5.41) is 4.59. The largest absolute Gasteiger partial charge is 0.416 e. The Morgan fingerprint density at radius 3 is 2.30 bits per heavy atom. The van der Waals surface area contributed by atoms with Crippen molar-refractivity contribution in [3.05, 3.63) is 64.7 Å². The fourth-order valence-corrected chi connectivity index (χ4v) is 3.01. The second kappa shape index (κ2) is 7.61. The average Bonchev–Trinajstić information content (AvgIpc) is 2.90. The summed E-state index contributed by atoms with van der Waals surface area (Å²) in [5.41, 5.74) is 1.09. The summed E-state index contributed by atoms with van der Waals surface area (Å²) in [4.78, 5) is 5.05. The molecule has 0 aliphatic heterocycles. The van der Waals surface area contributed by atoms with Gasteiger partial charge in [-0.05, 0) is 36.5 Å². The van der Waals surface area contributed by atoms with E-state index in [2.05, 4.69) is 10.1 Å². The van der Waals surface area contributed by atoms with Crippen LogP contribution in [0, 0.1) is 4.77 Å². The minimum Gasteiger partial charge on any atom is -0.315 e. The number of rotatable bonds is 5. The number of pyridine rings is 1. The van der Waals surface area contributed by atoms with Crippen LogP contribution in [0.15, 0.2) is 48.8 Å². The third-order valence-electron chi connectivity index (χ3n) is 4.19. The highest BCUT2D eigenvalue weighted by Crippen LogP contribution is 2.28. The molecule has 5 nitrogen and oxygen atoms in total. The minimum absolute atomic E-state index is 0.499. The molecule has 2 aromatic heterocycles. The van der Waals surface area contributed by atoms with E-state index in [9.17, 15) is 13.2 Å². The van der Waals surface area contributed by atoms with Crippen molar-refractivity contribution in [1.29, 1.82) is 0 Å². The van der Waals surface area contributed by atoms with Gasteiger partial charge in [-0.3, -0.25) is 4.98 Å². The van der Waals surface area contributed by atoms with Crippen molar-refractivity contribution in [2.75, 3.05) is 7.05 Å². The molecule has 0 aliphatic carbocycles. The molecule has 27 heavy (non-hydrogen) atoms. The van der Waals surface area contributed by atoms with Crippen molar-refractivity contribution in [1.82, 2.24) is 19.3 Å². The maximum absolute atomic E-state index is 12.7. The Morgan fingerprint density at radius 1 is 1.07 bits per heavy atom. The molecule has 1 aromatic carbocycles. The number of nitrogens with zero attached hydrogens (tertiary/aromatic N) is 4. The number of hydrogen-bond acceptors (Lipinski definition) is 3. The van der Waals surface area contributed by atoms with Crippen LogP contribution in [0.5, 0.6) is 0 Å². The number of quaternary nitrogens is 1. The number of nitrogens with one attached hydrogen (secondary N) is 1. The first kappa shape index (κ1) is 19.2. The van der Waals surface area contributed by atoms with Crippen molar-refractivity contribution in [2.45, 2.75) is 19.4 Å². The highest BCUT2D eigenvalue weighted by molar-refractivity contribution is 7.71. The van der Waals surface area contributed by atoms with E-state index in [4.69, 9.17) is 12.2 Å². The zero-order valence-electron chi connectivity index (χ0n) is 14.9. The van der Waals surface area contributed by atoms with Gasteiger partial charge < -0.3 is 9.47 Å². The molecule has 142 valence electrons. The lowest BCUT2D eigenvalue weighted by Crippen LogP contribution is -3.07. The van der Waals surface area contributed by atoms with Gasteiger partial charge in [-0.1, -0.05) is 12.1 Å². The molecule has 3 rings (SSSR count). The molecule has 0 amide bonds. The summed E-state index contributed by atoms with van der Waals surface area (Å²) >= 11 is 5.46. The molecule has 1 atom stereocenters. The van der Waals surface area contributed by atoms with Crippen LogP contribution < -0.4 is 4.90 Å². The van der Waals surface area contributed by atoms with E-state index in [0.29, 0.717) is 18.0 Å². The van der Waals surface area contributed by atoms with E-state index in [-0.39, 0.29) is 0 Å². The Hall–Kier alpha value is -2.52. The fraction of sp³-hybridized carbons (Fsp3) is 0.278. The van der Waals surface area contributed by atoms with E-state index in [1.807, 2.05) is 30.8 Å². The average molecular weight is 394 g/mol. The summed E-state index contributed by atoms with van der Waals surface area (Å²) in [6.07, 6.45) is -0.930. The van der Waals surface area contributed by atoms with Gasteiger partial charge in [0.05, 0.1) is 12.6 Å². The lowest BCUT2D eigenvalue weighted by Gasteiger charge is -2.14. The maximum Gasteiger partial charge on any atom is 0.416 e. The Kier molecular flexibility index (Phi) is 5.43. The van der Waals surface area contributed by atoms with Gasteiger partial charge in [-0.25, -0.2) is 0 Å². The van der Waals surface area contributed by atoms with E-state index in [1.165, 1.54) is 12.1 Å². The maximum atomic E-state index is 12.7. The number of alkyl halides is 3. The SMILES string of the molecule is Cn1c(-c2ccncc2)nn(C[NH+](C)Cc2ccc(C(F)(F)F)cc2)c1=S. The van der Waals surface area contributed by atoms with Crippen molar-refractivity contribution < 1.29 is 18.1 Å². The van der Waals surface area contributed by atoms with Gasteiger partial charge in [0.1, 0.15) is 6.54 Å². The van der Waals surface area contributed by atoms with Crippen LogP contribution in [0.25, 0.3) is 11.4 Å². The lowest BCUT2D eigenvalue weighted by molar-refractivity contribution is -0.917. The Balaban J connectivity index is 1.73. The molecule has 2 heterocycles. The predicted octanol–water partition coefficient (Wildman–Crippen LogP) is 2.70. The molecule has 0 radical (unpaired) electrons. The summed E-state index contributed by atoms with van der Waals surface area (Å²) in [6.45, 7) is 1.06. The van der Waals surface area contributed by atoms with E-state index < -0.39 is 11.7 Å². The summed E-state index contributed by atoms with van der Waals surface area (Å²) < 4.78 is 42.1. The molecule has 0 bridgehead atoms. The molecule has 9 heteroatoms. The lowest BCUT2D eigenvalue weighted by atomic mass is 10.1. The second-order valence-electron chi connectivity index (χ2n) is 6.39. The molecule has 1 N–H and O–H groups in total. The van der Waals surface area contributed by atoms with Crippen LogP contribution in [-0.4, -0.2) is 26.4 Å². The third-order valence-corrected chi connectivity index (χ3v) is 4.67. The van der Waals surface area contributed by atoms with Crippen molar-refractivity contribution in [3.8, 4) is 11.4 Å². The van der Waals surface area contributed by atoms with Crippen LogP contribution in [0.3, 0.4) is 0 Å². The van der Waals surface area contributed by atoms with Gasteiger partial charge in [-0.15, -0.1) is 5.10 Å². The molecule has 0 aliphatic rings. The molecule has 0 saturated heterocycles. The van der Waals surface area contributed by atoms with Crippen LogP contribution in [0.1, 0.15) is 11.1 Å².